The molecule has 5 heteroatoms. The normalized spacial score (nSPS) is 11.0. The van der Waals surface area contributed by atoms with Gasteiger partial charge in [-0.05, 0) is 55.2 Å². The monoisotopic (exact) mass is 367 g/mol. The molecule has 1 aromatic heterocycles. The molecule has 3 rings (SSSR count). The maximum atomic E-state index is 13.3. The lowest BCUT2D eigenvalue weighted by Crippen LogP contribution is -2.27. The fourth-order valence-electron chi connectivity index (χ4n) is 3.21. The fraction of sp³-hybridized carbons (Fsp3) is 0.273. The van der Waals surface area contributed by atoms with Crippen LogP contribution in [0.15, 0.2) is 51.7 Å². The van der Waals surface area contributed by atoms with Crippen LogP contribution in [0.5, 0.6) is 0 Å². The van der Waals surface area contributed by atoms with Crippen molar-refractivity contribution in [3.05, 3.63) is 81.0 Å². The SMILES string of the molecule is Cc1ccc2c(C)c(CCC(=O)N(C)Cc3cccc(F)c3)c(=O)oc2c1. The summed E-state index contributed by atoms with van der Waals surface area (Å²) in [5, 5.41) is 0.885. The molecule has 1 heterocycles. The van der Waals surface area contributed by atoms with Crippen molar-refractivity contribution in [1.82, 2.24) is 4.90 Å². The van der Waals surface area contributed by atoms with E-state index in [4.69, 9.17) is 4.42 Å². The van der Waals surface area contributed by atoms with Crippen molar-refractivity contribution in [3.8, 4) is 0 Å². The number of benzene rings is 2. The summed E-state index contributed by atoms with van der Waals surface area (Å²) in [7, 11) is 1.67. The van der Waals surface area contributed by atoms with Crippen molar-refractivity contribution in [2.24, 2.45) is 0 Å². The second kappa shape index (κ2) is 7.74. The van der Waals surface area contributed by atoms with Crippen LogP contribution in [0.25, 0.3) is 11.0 Å². The molecule has 1 amide bonds. The Labute approximate surface area is 157 Å². The molecular weight excluding hydrogens is 345 g/mol. The van der Waals surface area contributed by atoms with Crippen LogP contribution in [0.2, 0.25) is 0 Å². The fourth-order valence-corrected chi connectivity index (χ4v) is 3.21. The van der Waals surface area contributed by atoms with E-state index in [9.17, 15) is 14.0 Å². The Morgan fingerprint density at radius 2 is 1.93 bits per heavy atom. The number of amides is 1. The van der Waals surface area contributed by atoms with Gasteiger partial charge in [0.1, 0.15) is 11.4 Å². The highest BCUT2D eigenvalue weighted by Gasteiger charge is 2.15. The molecular formula is C22H22FNO3. The van der Waals surface area contributed by atoms with Gasteiger partial charge in [0.15, 0.2) is 0 Å². The first-order valence-corrected chi connectivity index (χ1v) is 8.86. The number of fused-ring (bicyclic) bond motifs is 1. The zero-order chi connectivity index (χ0) is 19.6. The Morgan fingerprint density at radius 1 is 1.15 bits per heavy atom. The number of nitrogens with zero attached hydrogens (tertiary/aromatic N) is 1. The lowest BCUT2D eigenvalue weighted by atomic mass is 10.0. The van der Waals surface area contributed by atoms with Gasteiger partial charge >= 0.3 is 5.63 Å². The molecule has 0 atom stereocenters. The van der Waals surface area contributed by atoms with E-state index in [1.165, 1.54) is 17.0 Å². The third-order valence-corrected chi connectivity index (χ3v) is 4.77. The van der Waals surface area contributed by atoms with Crippen molar-refractivity contribution in [3.63, 3.8) is 0 Å². The molecule has 0 saturated carbocycles. The maximum Gasteiger partial charge on any atom is 0.339 e. The average molecular weight is 367 g/mol. The Morgan fingerprint density at radius 3 is 2.67 bits per heavy atom. The molecule has 0 unspecified atom stereocenters. The minimum absolute atomic E-state index is 0.109. The van der Waals surface area contributed by atoms with E-state index in [1.54, 1.807) is 19.2 Å². The van der Waals surface area contributed by atoms with Gasteiger partial charge in [-0.3, -0.25) is 4.79 Å². The standard InChI is InChI=1S/C22H22FNO3/c1-14-7-8-18-15(2)19(22(26)27-20(18)11-14)9-10-21(25)24(3)13-16-5-4-6-17(23)12-16/h4-8,11-12H,9-10,13H2,1-3H3. The minimum Gasteiger partial charge on any atom is -0.423 e. The first-order valence-electron chi connectivity index (χ1n) is 8.86. The number of hydrogen-bond donors (Lipinski definition) is 0. The highest BCUT2D eigenvalue weighted by Crippen LogP contribution is 2.21. The molecule has 2 aromatic carbocycles. The average Bonchev–Trinajstić information content (AvgIpc) is 2.61. The summed E-state index contributed by atoms with van der Waals surface area (Å²) in [6.07, 6.45) is 0.499. The lowest BCUT2D eigenvalue weighted by molar-refractivity contribution is -0.130. The summed E-state index contributed by atoms with van der Waals surface area (Å²) in [6.45, 7) is 4.14. The van der Waals surface area contributed by atoms with Crippen molar-refractivity contribution < 1.29 is 13.6 Å². The van der Waals surface area contributed by atoms with Crippen LogP contribution >= 0.6 is 0 Å². The molecule has 140 valence electrons. The van der Waals surface area contributed by atoms with Crippen LogP contribution in [0.4, 0.5) is 4.39 Å². The topological polar surface area (TPSA) is 50.5 Å². The summed E-state index contributed by atoms with van der Waals surface area (Å²) in [4.78, 5) is 26.3. The minimum atomic E-state index is -0.397. The third-order valence-electron chi connectivity index (χ3n) is 4.77. The summed E-state index contributed by atoms with van der Waals surface area (Å²) >= 11 is 0. The summed E-state index contributed by atoms with van der Waals surface area (Å²) < 4.78 is 18.7. The Balaban J connectivity index is 1.73. The molecule has 0 spiro atoms. The molecule has 0 fully saturated rings. The van der Waals surface area contributed by atoms with E-state index in [-0.39, 0.29) is 18.1 Å². The van der Waals surface area contributed by atoms with Crippen LogP contribution in [0.1, 0.15) is 28.7 Å². The number of halogens is 1. The molecule has 3 aromatic rings. The highest BCUT2D eigenvalue weighted by atomic mass is 19.1. The Hall–Kier alpha value is -2.95. The van der Waals surface area contributed by atoms with E-state index < -0.39 is 5.63 Å². The molecule has 0 aliphatic carbocycles. The quantitative estimate of drug-likeness (QED) is 0.637. The smallest absolute Gasteiger partial charge is 0.339 e. The van der Waals surface area contributed by atoms with Gasteiger partial charge in [0, 0.05) is 31.0 Å². The molecule has 4 nitrogen and oxygen atoms in total. The number of rotatable bonds is 5. The van der Waals surface area contributed by atoms with Gasteiger partial charge in [-0.1, -0.05) is 24.3 Å². The molecule has 0 saturated heterocycles. The zero-order valence-electron chi connectivity index (χ0n) is 15.7. The summed E-state index contributed by atoms with van der Waals surface area (Å²) in [5.74, 6) is -0.435. The molecule has 0 bridgehead atoms. The van der Waals surface area contributed by atoms with Gasteiger partial charge in [0.05, 0.1) is 0 Å². The van der Waals surface area contributed by atoms with E-state index in [2.05, 4.69) is 0 Å². The highest BCUT2D eigenvalue weighted by molar-refractivity contribution is 5.82. The van der Waals surface area contributed by atoms with Crippen molar-refractivity contribution in [1.29, 1.82) is 0 Å². The second-order valence-electron chi connectivity index (χ2n) is 6.87. The maximum absolute atomic E-state index is 13.3. The Bertz CT molecular complexity index is 1060. The predicted molar refractivity (Wildman–Crippen MR) is 103 cm³/mol. The van der Waals surface area contributed by atoms with Crippen LogP contribution in [0, 0.1) is 19.7 Å². The first-order chi connectivity index (χ1) is 12.8. The van der Waals surface area contributed by atoms with Gasteiger partial charge in [0.25, 0.3) is 0 Å². The van der Waals surface area contributed by atoms with Crippen LogP contribution < -0.4 is 5.63 Å². The molecule has 0 aliphatic rings. The number of carbonyl (C=O) groups excluding carboxylic acids is 1. The zero-order valence-corrected chi connectivity index (χ0v) is 15.7. The largest absolute Gasteiger partial charge is 0.423 e. The van der Waals surface area contributed by atoms with Gasteiger partial charge in [-0.2, -0.15) is 0 Å². The van der Waals surface area contributed by atoms with Gasteiger partial charge in [0.2, 0.25) is 5.91 Å². The van der Waals surface area contributed by atoms with Crippen LogP contribution in [0.3, 0.4) is 0 Å². The Kier molecular flexibility index (Phi) is 5.40. The number of hydrogen-bond acceptors (Lipinski definition) is 3. The predicted octanol–water partition coefficient (Wildman–Crippen LogP) is 4.14. The van der Waals surface area contributed by atoms with E-state index >= 15 is 0 Å². The van der Waals surface area contributed by atoms with Gasteiger partial charge in [-0.25, -0.2) is 9.18 Å². The summed E-state index contributed by atoms with van der Waals surface area (Å²) in [5.41, 5.74) is 3.29. The van der Waals surface area contributed by atoms with E-state index in [0.29, 0.717) is 24.1 Å². The van der Waals surface area contributed by atoms with Gasteiger partial charge in [-0.15, -0.1) is 0 Å². The van der Waals surface area contributed by atoms with Crippen LogP contribution in [-0.4, -0.2) is 17.9 Å². The molecule has 0 radical (unpaired) electrons. The molecule has 27 heavy (non-hydrogen) atoms. The summed E-state index contributed by atoms with van der Waals surface area (Å²) in [6, 6.07) is 11.9. The second-order valence-corrected chi connectivity index (χ2v) is 6.87. The first kappa shape index (κ1) is 18.8. The van der Waals surface area contributed by atoms with E-state index in [0.717, 1.165) is 22.1 Å². The number of carbonyl (C=O) groups is 1. The number of aryl methyl sites for hydroxylation is 2. The van der Waals surface area contributed by atoms with Gasteiger partial charge < -0.3 is 9.32 Å². The third kappa shape index (κ3) is 4.25. The molecule has 0 N–H and O–H groups in total. The van der Waals surface area contributed by atoms with Crippen molar-refractivity contribution in [2.45, 2.75) is 33.2 Å². The van der Waals surface area contributed by atoms with Crippen molar-refractivity contribution in [2.75, 3.05) is 7.05 Å². The van der Waals surface area contributed by atoms with E-state index in [1.807, 2.05) is 32.0 Å². The van der Waals surface area contributed by atoms with Crippen molar-refractivity contribution >= 4 is 16.9 Å². The van der Waals surface area contributed by atoms with Crippen LogP contribution in [-0.2, 0) is 17.8 Å². The lowest BCUT2D eigenvalue weighted by Gasteiger charge is -2.17. The molecule has 0 aliphatic heterocycles.